The Morgan fingerprint density at radius 3 is 2.86 bits per heavy atom. The number of amides is 1. The molecule has 1 aliphatic heterocycles. The fourth-order valence-electron chi connectivity index (χ4n) is 2.41. The maximum Gasteiger partial charge on any atom is 0.251 e. The van der Waals surface area contributed by atoms with Gasteiger partial charge in [-0.15, -0.1) is 0 Å². The monoisotopic (exact) mass is 306 g/mol. The molecule has 1 aliphatic rings. The molecule has 1 unspecified atom stereocenters. The number of nitrogens with one attached hydrogen (secondary N) is 2. The van der Waals surface area contributed by atoms with Gasteiger partial charge in [0.1, 0.15) is 0 Å². The van der Waals surface area contributed by atoms with E-state index in [1.165, 1.54) is 0 Å². The van der Waals surface area contributed by atoms with Crippen LogP contribution in [0.4, 0.5) is 0 Å². The van der Waals surface area contributed by atoms with E-state index in [1.54, 1.807) is 12.1 Å². The van der Waals surface area contributed by atoms with Crippen molar-refractivity contribution in [3.05, 3.63) is 23.8 Å². The topological polar surface area (TPSA) is 59.6 Å². The predicted octanol–water partition coefficient (Wildman–Crippen LogP) is 2.36. The molecular weight excluding hydrogens is 280 g/mol. The molecule has 1 amide bonds. The van der Waals surface area contributed by atoms with Crippen molar-refractivity contribution >= 4 is 5.91 Å². The van der Waals surface area contributed by atoms with E-state index in [1.807, 2.05) is 13.0 Å². The standard InChI is InChI=1S/C17H26N2O3/c1-3-5-10-22-15-7-6-13(11-16(15)21-4-2)17(20)19-14-8-9-18-12-14/h6-7,11,14,18H,3-5,8-10,12H2,1-2H3,(H,19,20). The summed E-state index contributed by atoms with van der Waals surface area (Å²) in [6, 6.07) is 5.59. The molecule has 5 nitrogen and oxygen atoms in total. The van der Waals surface area contributed by atoms with Crippen molar-refractivity contribution in [2.45, 2.75) is 39.2 Å². The van der Waals surface area contributed by atoms with Crippen molar-refractivity contribution in [3.63, 3.8) is 0 Å². The molecule has 1 heterocycles. The van der Waals surface area contributed by atoms with E-state index in [-0.39, 0.29) is 11.9 Å². The van der Waals surface area contributed by atoms with Crippen LogP contribution in [0.15, 0.2) is 18.2 Å². The van der Waals surface area contributed by atoms with Crippen LogP contribution in [0.5, 0.6) is 11.5 Å². The molecule has 1 saturated heterocycles. The number of unbranched alkanes of at least 4 members (excludes halogenated alkanes) is 1. The molecule has 1 fully saturated rings. The van der Waals surface area contributed by atoms with Gasteiger partial charge in [0.25, 0.3) is 5.91 Å². The zero-order chi connectivity index (χ0) is 15.8. The predicted molar refractivity (Wildman–Crippen MR) is 86.8 cm³/mol. The Balaban J connectivity index is 2.04. The van der Waals surface area contributed by atoms with Crippen LogP contribution < -0.4 is 20.1 Å². The fourth-order valence-corrected chi connectivity index (χ4v) is 2.41. The van der Waals surface area contributed by atoms with Gasteiger partial charge in [-0.2, -0.15) is 0 Å². The minimum atomic E-state index is -0.0604. The minimum Gasteiger partial charge on any atom is -0.490 e. The third-order valence-corrected chi connectivity index (χ3v) is 3.66. The first-order chi connectivity index (χ1) is 10.7. The number of hydrogen-bond donors (Lipinski definition) is 2. The normalized spacial score (nSPS) is 17.3. The quantitative estimate of drug-likeness (QED) is 0.724. The number of benzene rings is 1. The number of hydrogen-bond acceptors (Lipinski definition) is 4. The molecule has 0 spiro atoms. The number of carbonyl (C=O) groups is 1. The van der Waals surface area contributed by atoms with Crippen LogP contribution in [0.1, 0.15) is 43.5 Å². The maximum absolute atomic E-state index is 12.3. The minimum absolute atomic E-state index is 0.0604. The Hall–Kier alpha value is -1.75. The van der Waals surface area contributed by atoms with Crippen LogP contribution in [0.25, 0.3) is 0 Å². The van der Waals surface area contributed by atoms with Crippen molar-refractivity contribution in [3.8, 4) is 11.5 Å². The zero-order valence-electron chi connectivity index (χ0n) is 13.5. The lowest BCUT2D eigenvalue weighted by Crippen LogP contribution is -2.36. The van der Waals surface area contributed by atoms with E-state index in [0.29, 0.717) is 30.3 Å². The molecule has 1 aromatic carbocycles. The summed E-state index contributed by atoms with van der Waals surface area (Å²) < 4.78 is 11.3. The van der Waals surface area contributed by atoms with Gasteiger partial charge < -0.3 is 20.1 Å². The molecule has 0 aliphatic carbocycles. The van der Waals surface area contributed by atoms with Crippen LogP contribution in [0.2, 0.25) is 0 Å². The van der Waals surface area contributed by atoms with Crippen molar-refractivity contribution in [1.29, 1.82) is 0 Å². The summed E-state index contributed by atoms with van der Waals surface area (Å²) in [5.74, 6) is 1.28. The van der Waals surface area contributed by atoms with Crippen LogP contribution in [-0.2, 0) is 0 Å². The second-order valence-electron chi connectivity index (χ2n) is 5.46. The first-order valence-corrected chi connectivity index (χ1v) is 8.15. The zero-order valence-corrected chi connectivity index (χ0v) is 13.5. The van der Waals surface area contributed by atoms with E-state index in [9.17, 15) is 4.79 Å². The summed E-state index contributed by atoms with van der Waals surface area (Å²) in [5, 5.41) is 6.28. The highest BCUT2D eigenvalue weighted by Crippen LogP contribution is 2.28. The van der Waals surface area contributed by atoms with E-state index in [4.69, 9.17) is 9.47 Å². The lowest BCUT2D eigenvalue weighted by molar-refractivity contribution is 0.0939. The first-order valence-electron chi connectivity index (χ1n) is 8.15. The molecule has 0 saturated carbocycles. The summed E-state index contributed by atoms with van der Waals surface area (Å²) >= 11 is 0. The Bertz CT molecular complexity index is 485. The second kappa shape index (κ2) is 8.63. The Morgan fingerprint density at radius 2 is 2.18 bits per heavy atom. The fraction of sp³-hybridized carbons (Fsp3) is 0.588. The van der Waals surface area contributed by atoms with Gasteiger partial charge in [0, 0.05) is 18.2 Å². The van der Waals surface area contributed by atoms with Gasteiger partial charge in [0.2, 0.25) is 0 Å². The molecule has 2 N–H and O–H groups in total. The van der Waals surface area contributed by atoms with Crippen LogP contribution in [0, 0.1) is 0 Å². The molecule has 22 heavy (non-hydrogen) atoms. The lowest BCUT2D eigenvalue weighted by atomic mass is 10.1. The highest BCUT2D eigenvalue weighted by molar-refractivity contribution is 5.95. The third kappa shape index (κ3) is 4.63. The summed E-state index contributed by atoms with van der Waals surface area (Å²) in [5.41, 5.74) is 0.609. The first kappa shape index (κ1) is 16.6. The SMILES string of the molecule is CCCCOc1ccc(C(=O)NC2CCNC2)cc1OCC. The molecule has 2 rings (SSSR count). The molecule has 1 atom stereocenters. The Morgan fingerprint density at radius 1 is 1.32 bits per heavy atom. The molecule has 0 radical (unpaired) electrons. The van der Waals surface area contributed by atoms with Crippen molar-refractivity contribution in [1.82, 2.24) is 10.6 Å². The number of ether oxygens (including phenoxy) is 2. The van der Waals surface area contributed by atoms with E-state index >= 15 is 0 Å². The van der Waals surface area contributed by atoms with Crippen molar-refractivity contribution in [2.24, 2.45) is 0 Å². The van der Waals surface area contributed by atoms with E-state index < -0.39 is 0 Å². The van der Waals surface area contributed by atoms with Gasteiger partial charge in [0.05, 0.1) is 13.2 Å². The second-order valence-corrected chi connectivity index (χ2v) is 5.46. The van der Waals surface area contributed by atoms with Gasteiger partial charge in [-0.3, -0.25) is 4.79 Å². The van der Waals surface area contributed by atoms with Gasteiger partial charge in [-0.25, -0.2) is 0 Å². The summed E-state index contributed by atoms with van der Waals surface area (Å²) in [6.45, 7) is 7.05. The molecule has 0 aromatic heterocycles. The smallest absolute Gasteiger partial charge is 0.251 e. The summed E-state index contributed by atoms with van der Waals surface area (Å²) in [4.78, 5) is 12.3. The maximum atomic E-state index is 12.3. The van der Waals surface area contributed by atoms with Gasteiger partial charge in [-0.1, -0.05) is 13.3 Å². The van der Waals surface area contributed by atoms with Crippen LogP contribution >= 0.6 is 0 Å². The molecular formula is C17H26N2O3. The summed E-state index contributed by atoms with van der Waals surface area (Å²) in [7, 11) is 0. The molecule has 0 bridgehead atoms. The number of carbonyl (C=O) groups excluding carboxylic acids is 1. The van der Waals surface area contributed by atoms with E-state index in [0.717, 1.165) is 32.4 Å². The highest BCUT2D eigenvalue weighted by Gasteiger charge is 2.18. The average Bonchev–Trinajstić information content (AvgIpc) is 3.02. The van der Waals surface area contributed by atoms with Gasteiger partial charge >= 0.3 is 0 Å². The average molecular weight is 306 g/mol. The van der Waals surface area contributed by atoms with Crippen molar-refractivity contribution < 1.29 is 14.3 Å². The van der Waals surface area contributed by atoms with E-state index in [2.05, 4.69) is 17.6 Å². The third-order valence-electron chi connectivity index (χ3n) is 3.66. The van der Waals surface area contributed by atoms with Crippen molar-refractivity contribution in [2.75, 3.05) is 26.3 Å². The largest absolute Gasteiger partial charge is 0.490 e. The summed E-state index contributed by atoms with van der Waals surface area (Å²) in [6.07, 6.45) is 3.06. The van der Waals surface area contributed by atoms with Crippen LogP contribution in [-0.4, -0.2) is 38.3 Å². The van der Waals surface area contributed by atoms with Gasteiger partial charge in [-0.05, 0) is 44.5 Å². The van der Waals surface area contributed by atoms with Gasteiger partial charge in [0.15, 0.2) is 11.5 Å². The Labute approximate surface area is 132 Å². The lowest BCUT2D eigenvalue weighted by Gasteiger charge is -2.15. The molecule has 1 aromatic rings. The molecule has 122 valence electrons. The Kier molecular flexibility index (Phi) is 6.52. The number of rotatable bonds is 8. The molecule has 5 heteroatoms. The highest BCUT2D eigenvalue weighted by atomic mass is 16.5. The van der Waals surface area contributed by atoms with Crippen LogP contribution in [0.3, 0.4) is 0 Å².